The van der Waals surface area contributed by atoms with Crippen molar-refractivity contribution in [1.29, 1.82) is 0 Å². The van der Waals surface area contributed by atoms with E-state index in [1.54, 1.807) is 0 Å². The predicted octanol–water partition coefficient (Wildman–Crippen LogP) is 4.19. The van der Waals surface area contributed by atoms with Crippen molar-refractivity contribution in [2.75, 3.05) is 6.54 Å². The Hall–Kier alpha value is -0.340. The van der Waals surface area contributed by atoms with Gasteiger partial charge in [0.25, 0.3) is 0 Å². The maximum absolute atomic E-state index is 3.65. The Bertz CT molecular complexity index is 277. The molecule has 0 saturated carbocycles. The molecule has 0 bridgehead atoms. The van der Waals surface area contributed by atoms with Crippen LogP contribution in [-0.4, -0.2) is 12.6 Å². The van der Waals surface area contributed by atoms with Gasteiger partial charge in [-0.25, -0.2) is 0 Å². The van der Waals surface area contributed by atoms with Crippen molar-refractivity contribution in [3.05, 3.63) is 22.4 Å². The molecule has 1 rings (SSSR count). The van der Waals surface area contributed by atoms with Crippen LogP contribution in [0.1, 0.15) is 51.8 Å². The first-order valence-electron chi connectivity index (χ1n) is 6.33. The Morgan fingerprint density at radius 1 is 1.44 bits per heavy atom. The molecule has 1 heterocycles. The van der Waals surface area contributed by atoms with Crippen LogP contribution in [0.3, 0.4) is 0 Å². The number of nitrogens with one attached hydrogen (secondary N) is 1. The second-order valence-corrected chi connectivity index (χ2v) is 6.23. The van der Waals surface area contributed by atoms with Crippen LogP contribution in [0.25, 0.3) is 0 Å². The molecule has 1 aromatic rings. The van der Waals surface area contributed by atoms with E-state index in [0.29, 0.717) is 6.04 Å². The largest absolute Gasteiger partial charge is 0.313 e. The zero-order chi connectivity index (χ0) is 12.0. The van der Waals surface area contributed by atoms with E-state index >= 15 is 0 Å². The summed E-state index contributed by atoms with van der Waals surface area (Å²) in [5.74, 6) is 0. The lowest BCUT2D eigenvalue weighted by Crippen LogP contribution is -2.37. The van der Waals surface area contributed by atoms with E-state index in [1.807, 2.05) is 11.3 Å². The van der Waals surface area contributed by atoms with Crippen molar-refractivity contribution in [3.8, 4) is 0 Å². The lowest BCUT2D eigenvalue weighted by molar-refractivity contribution is 0.415. The maximum atomic E-state index is 3.65. The first-order chi connectivity index (χ1) is 7.56. The molecule has 0 aliphatic rings. The van der Waals surface area contributed by atoms with Crippen molar-refractivity contribution in [2.24, 2.45) is 0 Å². The lowest BCUT2D eigenvalue weighted by Gasteiger charge is -2.26. The molecule has 1 nitrogen and oxygen atoms in total. The van der Waals surface area contributed by atoms with Crippen molar-refractivity contribution >= 4 is 11.3 Å². The molecule has 0 aliphatic heterocycles. The molecule has 1 unspecified atom stereocenters. The molecule has 1 atom stereocenters. The molecule has 0 aliphatic carbocycles. The average molecular weight is 239 g/mol. The highest BCUT2D eigenvalue weighted by Crippen LogP contribution is 2.26. The number of hydrogen-bond donors (Lipinski definition) is 1. The van der Waals surface area contributed by atoms with Gasteiger partial charge in [0.15, 0.2) is 0 Å². The summed E-state index contributed by atoms with van der Waals surface area (Å²) in [5, 5.41) is 5.82. The molecule has 0 amide bonds. The Labute approximate surface area is 104 Å². The highest BCUT2D eigenvalue weighted by molar-refractivity contribution is 7.10. The van der Waals surface area contributed by atoms with E-state index in [2.05, 4.69) is 50.5 Å². The molecule has 0 fully saturated rings. The molecule has 0 radical (unpaired) electrons. The molecular weight excluding hydrogens is 214 g/mol. The van der Waals surface area contributed by atoms with Gasteiger partial charge in [-0.1, -0.05) is 39.7 Å². The molecule has 0 spiro atoms. The Morgan fingerprint density at radius 2 is 2.19 bits per heavy atom. The van der Waals surface area contributed by atoms with Crippen molar-refractivity contribution in [1.82, 2.24) is 5.32 Å². The maximum Gasteiger partial charge on any atom is 0.0115 e. The van der Waals surface area contributed by atoms with Crippen LogP contribution in [0.15, 0.2) is 17.5 Å². The minimum Gasteiger partial charge on any atom is -0.313 e. The van der Waals surface area contributed by atoms with E-state index < -0.39 is 0 Å². The second-order valence-electron chi connectivity index (χ2n) is 5.29. The molecule has 92 valence electrons. The fourth-order valence-corrected chi connectivity index (χ4v) is 2.64. The first kappa shape index (κ1) is 13.7. The van der Waals surface area contributed by atoms with E-state index in [-0.39, 0.29) is 5.41 Å². The molecule has 2 heteroatoms. The molecule has 16 heavy (non-hydrogen) atoms. The van der Waals surface area contributed by atoms with Crippen LogP contribution in [0, 0.1) is 0 Å². The third-order valence-corrected chi connectivity index (χ3v) is 4.31. The van der Waals surface area contributed by atoms with Crippen molar-refractivity contribution in [3.63, 3.8) is 0 Å². The van der Waals surface area contributed by atoms with Crippen LogP contribution in [-0.2, 0) is 5.41 Å². The van der Waals surface area contributed by atoms with Gasteiger partial charge in [-0.3, -0.25) is 0 Å². The third-order valence-electron chi connectivity index (χ3n) is 3.07. The van der Waals surface area contributed by atoms with Crippen molar-refractivity contribution in [2.45, 2.75) is 58.4 Å². The minimum absolute atomic E-state index is 0.259. The van der Waals surface area contributed by atoms with E-state index in [1.165, 1.54) is 24.1 Å². The normalized spacial score (nSPS) is 14.0. The number of rotatable bonds is 7. The van der Waals surface area contributed by atoms with Gasteiger partial charge >= 0.3 is 0 Å². The van der Waals surface area contributed by atoms with Gasteiger partial charge in [0, 0.05) is 22.9 Å². The molecular formula is C14H25NS. The first-order valence-corrected chi connectivity index (χ1v) is 7.21. The van der Waals surface area contributed by atoms with Crippen LogP contribution < -0.4 is 5.32 Å². The SMILES string of the molecule is CCCCC(C)NCC(C)(C)c1cccs1. The Kier molecular flexibility index (Phi) is 5.50. The topological polar surface area (TPSA) is 12.0 Å². The number of hydrogen-bond acceptors (Lipinski definition) is 2. The van der Waals surface area contributed by atoms with Gasteiger partial charge in [0.2, 0.25) is 0 Å². The zero-order valence-corrected chi connectivity index (χ0v) is 11.9. The summed E-state index contributed by atoms with van der Waals surface area (Å²) in [6.07, 6.45) is 3.91. The summed E-state index contributed by atoms with van der Waals surface area (Å²) < 4.78 is 0. The third kappa shape index (κ3) is 4.26. The number of thiophene rings is 1. The summed E-state index contributed by atoms with van der Waals surface area (Å²) >= 11 is 1.86. The highest BCUT2D eigenvalue weighted by Gasteiger charge is 2.21. The summed E-state index contributed by atoms with van der Waals surface area (Å²) in [5.41, 5.74) is 0.259. The van der Waals surface area contributed by atoms with Gasteiger partial charge in [-0.05, 0) is 24.8 Å². The summed E-state index contributed by atoms with van der Waals surface area (Å²) in [4.78, 5) is 1.47. The summed E-state index contributed by atoms with van der Waals surface area (Å²) in [7, 11) is 0. The summed E-state index contributed by atoms with van der Waals surface area (Å²) in [6.45, 7) is 10.2. The van der Waals surface area contributed by atoms with Crippen LogP contribution in [0.4, 0.5) is 0 Å². The zero-order valence-electron chi connectivity index (χ0n) is 11.0. The quantitative estimate of drug-likeness (QED) is 0.752. The summed E-state index contributed by atoms with van der Waals surface area (Å²) in [6, 6.07) is 5.02. The fraction of sp³-hybridized carbons (Fsp3) is 0.714. The van der Waals surface area contributed by atoms with E-state index in [0.717, 1.165) is 6.54 Å². The Morgan fingerprint density at radius 3 is 2.75 bits per heavy atom. The highest BCUT2D eigenvalue weighted by atomic mass is 32.1. The molecule has 0 saturated heterocycles. The second kappa shape index (κ2) is 6.41. The van der Waals surface area contributed by atoms with Gasteiger partial charge in [-0.2, -0.15) is 0 Å². The van der Waals surface area contributed by atoms with Crippen LogP contribution in [0.2, 0.25) is 0 Å². The molecule has 1 aromatic heterocycles. The fourth-order valence-electron chi connectivity index (χ4n) is 1.79. The van der Waals surface area contributed by atoms with Gasteiger partial charge in [-0.15, -0.1) is 11.3 Å². The lowest BCUT2D eigenvalue weighted by atomic mass is 9.91. The van der Waals surface area contributed by atoms with Gasteiger partial charge in [0.1, 0.15) is 0 Å². The van der Waals surface area contributed by atoms with Crippen LogP contribution in [0.5, 0.6) is 0 Å². The Balaban J connectivity index is 2.36. The molecule has 1 N–H and O–H groups in total. The average Bonchev–Trinajstić information content (AvgIpc) is 2.77. The van der Waals surface area contributed by atoms with E-state index in [9.17, 15) is 0 Å². The van der Waals surface area contributed by atoms with E-state index in [4.69, 9.17) is 0 Å². The smallest absolute Gasteiger partial charge is 0.0115 e. The predicted molar refractivity (Wildman–Crippen MR) is 74.3 cm³/mol. The monoisotopic (exact) mass is 239 g/mol. The van der Waals surface area contributed by atoms with Crippen LogP contribution >= 0.6 is 11.3 Å². The molecule has 0 aromatic carbocycles. The number of unbranched alkanes of at least 4 members (excludes halogenated alkanes) is 1. The van der Waals surface area contributed by atoms with Crippen molar-refractivity contribution < 1.29 is 0 Å². The van der Waals surface area contributed by atoms with Gasteiger partial charge < -0.3 is 5.32 Å². The minimum atomic E-state index is 0.259. The standard InChI is InChI=1S/C14H25NS/c1-5-6-8-12(2)15-11-14(3,4)13-9-7-10-16-13/h7,9-10,12,15H,5-6,8,11H2,1-4H3. The van der Waals surface area contributed by atoms with Gasteiger partial charge in [0.05, 0.1) is 0 Å².